The molecule has 1 aromatic heterocycles. The summed E-state index contributed by atoms with van der Waals surface area (Å²) >= 11 is 1.04. The number of primary sulfonamides is 1. The van der Waals surface area contributed by atoms with Crippen molar-refractivity contribution in [1.82, 2.24) is 5.32 Å². The van der Waals surface area contributed by atoms with Crippen LogP contribution in [-0.2, 0) is 21.4 Å². The van der Waals surface area contributed by atoms with Gasteiger partial charge in [-0.2, -0.15) is 0 Å². The van der Waals surface area contributed by atoms with Crippen LogP contribution in [0, 0.1) is 0 Å². The van der Waals surface area contributed by atoms with Crippen molar-refractivity contribution < 1.29 is 13.2 Å². The number of sulfonamides is 1. The van der Waals surface area contributed by atoms with Crippen molar-refractivity contribution in [3.63, 3.8) is 0 Å². The highest BCUT2D eigenvalue weighted by atomic mass is 32.2. The highest BCUT2D eigenvalue weighted by Crippen LogP contribution is 2.19. The van der Waals surface area contributed by atoms with Crippen molar-refractivity contribution >= 4 is 33.3 Å². The van der Waals surface area contributed by atoms with Gasteiger partial charge in [0.25, 0.3) is 0 Å². The first-order valence-electron chi connectivity index (χ1n) is 6.07. The average molecular weight is 322 g/mol. The molecule has 5 nitrogen and oxygen atoms in total. The maximum Gasteiger partial charge on any atom is 0.247 e. The third kappa shape index (κ3) is 4.82. The number of hydrogen-bond acceptors (Lipinski definition) is 4. The first kappa shape index (κ1) is 15.4. The summed E-state index contributed by atoms with van der Waals surface area (Å²) in [5, 5.41) is 7.71. The zero-order valence-corrected chi connectivity index (χ0v) is 12.7. The number of rotatable bonds is 5. The Hall–Kier alpha value is -1.96. The van der Waals surface area contributed by atoms with Crippen molar-refractivity contribution in [3.8, 4) is 0 Å². The van der Waals surface area contributed by atoms with Crippen LogP contribution in [0.4, 0.5) is 0 Å². The monoisotopic (exact) mass is 322 g/mol. The summed E-state index contributed by atoms with van der Waals surface area (Å²) in [6.45, 7) is 0.262. The summed E-state index contributed by atoms with van der Waals surface area (Å²) in [5.41, 5.74) is 0.931. The van der Waals surface area contributed by atoms with E-state index in [1.165, 1.54) is 12.1 Å². The standard InChI is InChI=1S/C14H14N2O3S2/c15-21(18,19)14-9-7-12(20-14)10-16-13(17)8-6-11-4-2-1-3-5-11/h1-9H,10H2,(H,16,17)(H2,15,18,19). The molecule has 2 aromatic rings. The lowest BCUT2D eigenvalue weighted by molar-refractivity contribution is -0.116. The highest BCUT2D eigenvalue weighted by Gasteiger charge is 2.11. The second-order valence-corrected chi connectivity index (χ2v) is 7.18. The molecular weight excluding hydrogens is 308 g/mol. The SMILES string of the molecule is NS(=O)(=O)c1ccc(CNC(=O)C=Cc2ccccc2)s1. The predicted molar refractivity (Wildman–Crippen MR) is 83.0 cm³/mol. The molecule has 3 N–H and O–H groups in total. The molecule has 0 radical (unpaired) electrons. The Labute approximate surface area is 127 Å². The summed E-state index contributed by atoms with van der Waals surface area (Å²) < 4.78 is 22.4. The normalized spacial score (nSPS) is 11.7. The number of amides is 1. The van der Waals surface area contributed by atoms with Gasteiger partial charge in [-0.25, -0.2) is 13.6 Å². The molecule has 21 heavy (non-hydrogen) atoms. The molecule has 0 fully saturated rings. The molecule has 0 aliphatic heterocycles. The van der Waals surface area contributed by atoms with E-state index in [0.717, 1.165) is 21.8 Å². The van der Waals surface area contributed by atoms with Crippen molar-refractivity contribution in [3.05, 3.63) is 59.0 Å². The van der Waals surface area contributed by atoms with Crippen LogP contribution in [0.5, 0.6) is 0 Å². The molecule has 0 unspecified atom stereocenters. The lowest BCUT2D eigenvalue weighted by Gasteiger charge is -1.99. The second kappa shape index (κ2) is 6.66. The smallest absolute Gasteiger partial charge is 0.247 e. The number of carbonyl (C=O) groups is 1. The van der Waals surface area contributed by atoms with Gasteiger partial charge in [0.1, 0.15) is 4.21 Å². The Morgan fingerprint density at radius 1 is 1.19 bits per heavy atom. The van der Waals surface area contributed by atoms with Gasteiger partial charge < -0.3 is 5.32 Å². The van der Waals surface area contributed by atoms with Crippen molar-refractivity contribution in [1.29, 1.82) is 0 Å². The number of thiophene rings is 1. The Balaban J connectivity index is 1.90. The molecular formula is C14H14N2O3S2. The van der Waals surface area contributed by atoms with Gasteiger partial charge in [-0.15, -0.1) is 11.3 Å². The van der Waals surface area contributed by atoms with Crippen LogP contribution < -0.4 is 10.5 Å². The van der Waals surface area contributed by atoms with Gasteiger partial charge >= 0.3 is 0 Å². The summed E-state index contributed by atoms with van der Waals surface area (Å²) in [6, 6.07) is 12.5. The van der Waals surface area contributed by atoms with Crippen LogP contribution in [0.2, 0.25) is 0 Å². The summed E-state index contributed by atoms with van der Waals surface area (Å²) in [6.07, 6.45) is 3.14. The molecule has 1 amide bonds. The van der Waals surface area contributed by atoms with E-state index in [1.807, 2.05) is 30.3 Å². The van der Waals surface area contributed by atoms with E-state index in [2.05, 4.69) is 5.32 Å². The molecule has 0 bridgehead atoms. The maximum atomic E-state index is 11.7. The largest absolute Gasteiger partial charge is 0.348 e. The van der Waals surface area contributed by atoms with E-state index in [-0.39, 0.29) is 16.7 Å². The first-order chi connectivity index (χ1) is 9.95. The van der Waals surface area contributed by atoms with E-state index in [9.17, 15) is 13.2 Å². The molecule has 0 atom stereocenters. The van der Waals surface area contributed by atoms with E-state index in [1.54, 1.807) is 12.1 Å². The number of carbonyl (C=O) groups excluding carboxylic acids is 1. The lowest BCUT2D eigenvalue weighted by Crippen LogP contribution is -2.19. The van der Waals surface area contributed by atoms with E-state index in [0.29, 0.717) is 0 Å². The quantitative estimate of drug-likeness (QED) is 0.822. The predicted octanol–water partition coefficient (Wildman–Crippen LogP) is 1.73. The maximum absolute atomic E-state index is 11.7. The van der Waals surface area contributed by atoms with Gasteiger partial charge in [-0.05, 0) is 23.8 Å². The Kier molecular flexibility index (Phi) is 4.89. The zero-order valence-electron chi connectivity index (χ0n) is 11.0. The number of hydrogen-bond donors (Lipinski definition) is 2. The molecule has 110 valence electrons. The van der Waals surface area contributed by atoms with Gasteiger partial charge in [-0.1, -0.05) is 30.3 Å². The van der Waals surface area contributed by atoms with Crippen LogP contribution in [0.15, 0.2) is 52.7 Å². The summed E-state index contributed by atoms with van der Waals surface area (Å²) in [7, 11) is -3.67. The molecule has 0 aliphatic carbocycles. The van der Waals surface area contributed by atoms with E-state index in [4.69, 9.17) is 5.14 Å². The molecule has 2 rings (SSSR count). The van der Waals surface area contributed by atoms with Gasteiger partial charge in [-0.3, -0.25) is 4.79 Å². The fourth-order valence-corrected chi connectivity index (χ4v) is 3.29. The topological polar surface area (TPSA) is 89.3 Å². The zero-order chi connectivity index (χ0) is 15.3. The van der Waals surface area contributed by atoms with Gasteiger partial charge in [0.05, 0.1) is 6.54 Å². The second-order valence-electron chi connectivity index (χ2n) is 4.23. The third-order valence-corrected chi connectivity index (χ3v) is 5.10. The fraction of sp³-hybridized carbons (Fsp3) is 0.0714. The number of nitrogens with two attached hydrogens (primary N) is 1. The van der Waals surface area contributed by atoms with Crippen molar-refractivity contribution in [2.24, 2.45) is 5.14 Å². The number of benzene rings is 1. The van der Waals surface area contributed by atoms with Gasteiger partial charge in [0.15, 0.2) is 0 Å². The van der Waals surface area contributed by atoms with Crippen LogP contribution in [0.1, 0.15) is 10.4 Å². The first-order valence-corrected chi connectivity index (χ1v) is 8.44. The number of nitrogens with one attached hydrogen (secondary N) is 1. The molecule has 1 aromatic carbocycles. The van der Waals surface area contributed by atoms with Gasteiger partial charge in [0, 0.05) is 11.0 Å². The van der Waals surface area contributed by atoms with E-state index >= 15 is 0 Å². The Bertz CT molecular complexity index is 750. The fourth-order valence-electron chi connectivity index (χ4n) is 1.58. The molecule has 0 saturated carbocycles. The minimum absolute atomic E-state index is 0.0894. The van der Waals surface area contributed by atoms with Crippen LogP contribution >= 0.6 is 11.3 Å². The van der Waals surface area contributed by atoms with Crippen molar-refractivity contribution in [2.45, 2.75) is 10.8 Å². The molecule has 0 saturated heterocycles. The summed E-state index contributed by atoms with van der Waals surface area (Å²) in [4.78, 5) is 12.4. The lowest BCUT2D eigenvalue weighted by atomic mass is 10.2. The van der Waals surface area contributed by atoms with Crippen LogP contribution in [0.25, 0.3) is 6.08 Å². The Morgan fingerprint density at radius 3 is 2.52 bits per heavy atom. The average Bonchev–Trinajstić information content (AvgIpc) is 2.93. The molecule has 7 heteroatoms. The Morgan fingerprint density at radius 2 is 1.90 bits per heavy atom. The summed E-state index contributed by atoms with van der Waals surface area (Å²) in [5.74, 6) is -0.246. The minimum Gasteiger partial charge on any atom is -0.348 e. The van der Waals surface area contributed by atoms with Crippen molar-refractivity contribution in [2.75, 3.05) is 0 Å². The molecule has 1 heterocycles. The molecule has 0 aliphatic rings. The van der Waals surface area contributed by atoms with E-state index < -0.39 is 10.0 Å². The van der Waals surface area contributed by atoms with Crippen LogP contribution in [0.3, 0.4) is 0 Å². The van der Waals surface area contributed by atoms with Gasteiger partial charge in [0.2, 0.25) is 15.9 Å². The third-order valence-electron chi connectivity index (χ3n) is 2.58. The minimum atomic E-state index is -3.67. The highest BCUT2D eigenvalue weighted by molar-refractivity contribution is 7.91. The van der Waals surface area contributed by atoms with Crippen LogP contribution in [-0.4, -0.2) is 14.3 Å². The molecule has 0 spiro atoms.